The third-order valence-corrected chi connectivity index (χ3v) is 4.58. The van der Waals surface area contributed by atoms with E-state index in [1.165, 1.54) is 12.1 Å². The molecule has 2 aromatic rings. The summed E-state index contributed by atoms with van der Waals surface area (Å²) in [6.07, 6.45) is 0. The minimum absolute atomic E-state index is 0.0937. The summed E-state index contributed by atoms with van der Waals surface area (Å²) in [7, 11) is -3.64. The van der Waals surface area contributed by atoms with E-state index in [1.807, 2.05) is 13.8 Å². The van der Waals surface area contributed by atoms with Crippen LogP contribution in [0.25, 0.3) is 11.0 Å². The number of nitrogens with one attached hydrogen (secondary N) is 3. The molecule has 8 heteroatoms. The van der Waals surface area contributed by atoms with E-state index in [1.54, 1.807) is 6.07 Å². The second-order valence-corrected chi connectivity index (χ2v) is 6.81. The number of sulfonamides is 1. The molecule has 0 aliphatic rings. The van der Waals surface area contributed by atoms with E-state index >= 15 is 0 Å². The van der Waals surface area contributed by atoms with Crippen LogP contribution in [0.1, 0.15) is 13.8 Å². The number of benzene rings is 1. The van der Waals surface area contributed by atoms with Crippen molar-refractivity contribution in [3.63, 3.8) is 0 Å². The third-order valence-electron chi connectivity index (χ3n) is 3.16. The number of imidazole rings is 1. The van der Waals surface area contributed by atoms with Gasteiger partial charge in [-0.05, 0) is 24.1 Å². The normalized spacial score (nSPS) is 14.0. The van der Waals surface area contributed by atoms with Crippen molar-refractivity contribution in [2.45, 2.75) is 24.8 Å². The van der Waals surface area contributed by atoms with E-state index in [0.29, 0.717) is 11.0 Å². The summed E-state index contributed by atoms with van der Waals surface area (Å²) in [5.41, 5.74) is 6.46. The first-order chi connectivity index (χ1) is 9.29. The van der Waals surface area contributed by atoms with Gasteiger partial charge < -0.3 is 15.7 Å². The van der Waals surface area contributed by atoms with Crippen molar-refractivity contribution in [2.75, 3.05) is 6.54 Å². The van der Waals surface area contributed by atoms with Gasteiger partial charge in [0.25, 0.3) is 0 Å². The second-order valence-electron chi connectivity index (χ2n) is 5.05. The Kier molecular flexibility index (Phi) is 3.98. The Balaban J connectivity index is 2.25. The van der Waals surface area contributed by atoms with Crippen LogP contribution in [0.3, 0.4) is 0 Å². The minimum atomic E-state index is -3.64. The molecule has 0 saturated carbocycles. The Bertz CT molecular complexity index is 760. The molecule has 0 aliphatic carbocycles. The first kappa shape index (κ1) is 14.8. The summed E-state index contributed by atoms with van der Waals surface area (Å²) in [5, 5.41) is 0. The molecular weight excluding hydrogens is 280 g/mol. The number of fused-ring (bicyclic) bond motifs is 1. The topological polar surface area (TPSA) is 121 Å². The number of aromatic nitrogens is 2. The molecule has 5 N–H and O–H groups in total. The Morgan fingerprint density at radius 3 is 2.55 bits per heavy atom. The van der Waals surface area contributed by atoms with Crippen LogP contribution in [0.2, 0.25) is 0 Å². The highest BCUT2D eigenvalue weighted by molar-refractivity contribution is 7.89. The lowest BCUT2D eigenvalue weighted by molar-refractivity contribution is 0.481. The monoisotopic (exact) mass is 298 g/mol. The van der Waals surface area contributed by atoms with Gasteiger partial charge in [-0.15, -0.1) is 0 Å². The van der Waals surface area contributed by atoms with Crippen molar-refractivity contribution in [1.29, 1.82) is 0 Å². The molecule has 0 aliphatic heterocycles. The molecule has 0 radical (unpaired) electrons. The predicted molar refractivity (Wildman–Crippen MR) is 76.9 cm³/mol. The van der Waals surface area contributed by atoms with Crippen molar-refractivity contribution in [1.82, 2.24) is 14.7 Å². The summed E-state index contributed by atoms with van der Waals surface area (Å²) in [4.78, 5) is 16.3. The van der Waals surface area contributed by atoms with Gasteiger partial charge in [-0.2, -0.15) is 0 Å². The number of hydrogen-bond acceptors (Lipinski definition) is 4. The second kappa shape index (κ2) is 5.39. The maximum Gasteiger partial charge on any atom is 0.323 e. The molecule has 0 saturated heterocycles. The quantitative estimate of drug-likeness (QED) is 0.626. The fraction of sp³-hybridized carbons (Fsp3) is 0.417. The third kappa shape index (κ3) is 3.09. The van der Waals surface area contributed by atoms with Gasteiger partial charge in [-0.3, -0.25) is 0 Å². The van der Waals surface area contributed by atoms with Gasteiger partial charge in [-0.1, -0.05) is 13.8 Å². The highest BCUT2D eigenvalue weighted by Gasteiger charge is 2.17. The highest BCUT2D eigenvalue weighted by atomic mass is 32.2. The fourth-order valence-electron chi connectivity index (χ4n) is 1.70. The molecule has 2 rings (SSSR count). The van der Waals surface area contributed by atoms with E-state index in [4.69, 9.17) is 5.73 Å². The van der Waals surface area contributed by atoms with Crippen molar-refractivity contribution in [2.24, 2.45) is 11.7 Å². The smallest absolute Gasteiger partial charge is 0.323 e. The van der Waals surface area contributed by atoms with Crippen LogP contribution in [-0.2, 0) is 10.0 Å². The minimum Gasteiger partial charge on any atom is -0.326 e. The number of aromatic amines is 2. The molecule has 20 heavy (non-hydrogen) atoms. The van der Waals surface area contributed by atoms with Gasteiger partial charge in [0.2, 0.25) is 10.0 Å². The van der Waals surface area contributed by atoms with Gasteiger partial charge in [0.05, 0.1) is 15.9 Å². The average Bonchev–Trinajstić information content (AvgIpc) is 2.74. The zero-order chi connectivity index (χ0) is 14.9. The molecule has 1 aromatic heterocycles. The van der Waals surface area contributed by atoms with Crippen LogP contribution in [0.5, 0.6) is 0 Å². The lowest BCUT2D eigenvalue weighted by Gasteiger charge is -2.16. The Labute approximate surface area is 116 Å². The molecule has 1 heterocycles. The summed E-state index contributed by atoms with van der Waals surface area (Å²) in [6, 6.07) is 4.15. The number of H-pyrrole nitrogens is 2. The first-order valence-corrected chi connectivity index (χ1v) is 7.75. The first-order valence-electron chi connectivity index (χ1n) is 6.27. The van der Waals surface area contributed by atoms with E-state index in [2.05, 4.69) is 14.7 Å². The Hall–Kier alpha value is -1.64. The zero-order valence-corrected chi connectivity index (χ0v) is 12.1. The van der Waals surface area contributed by atoms with Crippen LogP contribution < -0.4 is 16.1 Å². The van der Waals surface area contributed by atoms with Crippen LogP contribution >= 0.6 is 0 Å². The van der Waals surface area contributed by atoms with Gasteiger partial charge >= 0.3 is 5.69 Å². The summed E-state index contributed by atoms with van der Waals surface area (Å²) in [6.45, 7) is 4.02. The molecule has 0 bridgehead atoms. The number of nitrogens with two attached hydrogens (primary N) is 1. The van der Waals surface area contributed by atoms with Gasteiger partial charge in [0.1, 0.15) is 0 Å². The molecule has 7 nitrogen and oxygen atoms in total. The van der Waals surface area contributed by atoms with E-state index in [-0.39, 0.29) is 29.1 Å². The maximum atomic E-state index is 12.1. The SMILES string of the molecule is CC(C)C(N)CNS(=O)(=O)c1ccc2[nH]c(=O)[nH]c2c1. The summed E-state index contributed by atoms with van der Waals surface area (Å²) < 4.78 is 26.8. The lowest BCUT2D eigenvalue weighted by atomic mass is 10.1. The molecule has 1 atom stereocenters. The van der Waals surface area contributed by atoms with Crippen molar-refractivity contribution in [3.05, 3.63) is 28.7 Å². The van der Waals surface area contributed by atoms with Gasteiger partial charge in [-0.25, -0.2) is 17.9 Å². The number of hydrogen-bond donors (Lipinski definition) is 4. The Morgan fingerprint density at radius 1 is 1.25 bits per heavy atom. The molecule has 0 fully saturated rings. The van der Waals surface area contributed by atoms with Crippen molar-refractivity contribution < 1.29 is 8.42 Å². The average molecular weight is 298 g/mol. The van der Waals surface area contributed by atoms with Crippen molar-refractivity contribution in [3.8, 4) is 0 Å². The zero-order valence-electron chi connectivity index (χ0n) is 11.3. The fourth-order valence-corrected chi connectivity index (χ4v) is 2.80. The molecule has 0 amide bonds. The molecule has 1 unspecified atom stereocenters. The Morgan fingerprint density at radius 2 is 1.90 bits per heavy atom. The highest BCUT2D eigenvalue weighted by Crippen LogP contribution is 2.14. The summed E-state index contributed by atoms with van der Waals surface area (Å²) >= 11 is 0. The van der Waals surface area contributed by atoms with Gasteiger partial charge in [0, 0.05) is 12.6 Å². The van der Waals surface area contributed by atoms with Crippen LogP contribution in [0.15, 0.2) is 27.9 Å². The standard InChI is InChI=1S/C12H18N4O3S/c1-7(2)9(13)6-14-20(18,19)8-3-4-10-11(5-8)16-12(17)15-10/h3-5,7,9,14H,6,13H2,1-2H3,(H2,15,16,17). The maximum absolute atomic E-state index is 12.1. The number of rotatable bonds is 5. The molecule has 1 aromatic carbocycles. The van der Waals surface area contributed by atoms with Crippen LogP contribution in [0.4, 0.5) is 0 Å². The lowest BCUT2D eigenvalue weighted by Crippen LogP contribution is -2.40. The predicted octanol–water partition coefficient (Wildman–Crippen LogP) is 0.118. The van der Waals surface area contributed by atoms with E-state index in [9.17, 15) is 13.2 Å². The molecule has 110 valence electrons. The van der Waals surface area contributed by atoms with E-state index < -0.39 is 10.0 Å². The van der Waals surface area contributed by atoms with Crippen molar-refractivity contribution >= 4 is 21.1 Å². The van der Waals surface area contributed by atoms with Crippen LogP contribution in [0, 0.1) is 5.92 Å². The van der Waals surface area contributed by atoms with E-state index in [0.717, 1.165) is 0 Å². The van der Waals surface area contributed by atoms with Crippen LogP contribution in [-0.4, -0.2) is 31.0 Å². The molecule has 0 spiro atoms. The largest absolute Gasteiger partial charge is 0.326 e. The summed E-state index contributed by atoms with van der Waals surface area (Å²) in [5.74, 6) is 0.182. The van der Waals surface area contributed by atoms with Gasteiger partial charge in [0.15, 0.2) is 0 Å². The molecular formula is C12H18N4O3S.